The Labute approximate surface area is 192 Å². The lowest BCUT2D eigenvalue weighted by molar-refractivity contribution is -0.173. The quantitative estimate of drug-likeness (QED) is 0.435. The third-order valence-electron chi connectivity index (χ3n) is 5.53. The molecule has 2 aromatic carbocycles. The maximum absolute atomic E-state index is 13.9. The van der Waals surface area contributed by atoms with Crippen molar-refractivity contribution in [2.24, 2.45) is 0 Å². The lowest BCUT2D eigenvalue weighted by atomic mass is 9.97. The Morgan fingerprint density at radius 3 is 2.50 bits per heavy atom. The maximum atomic E-state index is 13.9. The van der Waals surface area contributed by atoms with Gasteiger partial charge >= 0.3 is 6.18 Å². The summed E-state index contributed by atoms with van der Waals surface area (Å²) in [4.78, 5) is 12.7. The third-order valence-corrected chi connectivity index (χ3v) is 6.27. The van der Waals surface area contributed by atoms with Crippen LogP contribution in [0, 0.1) is 13.8 Å². The monoisotopic (exact) mass is 482 g/mol. The van der Waals surface area contributed by atoms with Crippen LogP contribution in [0.5, 0.6) is 0 Å². The normalized spacial score (nSPS) is 18.1. The van der Waals surface area contributed by atoms with Gasteiger partial charge in [0.15, 0.2) is 11.7 Å². The molecule has 0 fully saturated rings. The minimum atomic E-state index is -4.56. The van der Waals surface area contributed by atoms with E-state index in [-0.39, 0.29) is 23.0 Å². The molecule has 1 aromatic heterocycles. The molecule has 0 spiro atoms. The molecule has 1 aliphatic heterocycles. The van der Waals surface area contributed by atoms with Crippen LogP contribution >= 0.6 is 23.2 Å². The smallest absolute Gasteiger partial charge is 0.363 e. The average molecular weight is 483 g/mol. The number of hydrogen-bond acceptors (Lipinski definition) is 3. The number of nitrogens with one attached hydrogen (secondary N) is 2. The molecule has 4 rings (SSSR count). The Hall–Kier alpha value is -2.71. The largest absolute Gasteiger partial charge is 0.410 e. The number of fused-ring (bicyclic) bond motifs is 1. The lowest BCUT2D eigenvalue weighted by Gasteiger charge is -2.33. The second-order valence-electron chi connectivity index (χ2n) is 7.78. The minimum absolute atomic E-state index is 0.0971. The van der Waals surface area contributed by atoms with Gasteiger partial charge in [0, 0.05) is 18.2 Å². The highest BCUT2D eigenvalue weighted by Crippen LogP contribution is 2.44. The van der Waals surface area contributed by atoms with Gasteiger partial charge in [-0.05, 0) is 54.8 Å². The van der Waals surface area contributed by atoms with Crippen LogP contribution in [0.2, 0.25) is 10.0 Å². The number of amides is 1. The first-order valence-electron chi connectivity index (χ1n) is 9.79. The van der Waals surface area contributed by atoms with E-state index in [0.29, 0.717) is 16.3 Å². The first-order valence-corrected chi connectivity index (χ1v) is 10.5. The number of aromatic nitrogens is 2. The predicted molar refractivity (Wildman–Crippen MR) is 119 cm³/mol. The summed E-state index contributed by atoms with van der Waals surface area (Å²) in [7, 11) is 0. The summed E-state index contributed by atoms with van der Waals surface area (Å²) in [5.74, 6) is -0.496. The Kier molecular flexibility index (Phi) is 5.85. The molecule has 2 atom stereocenters. The van der Waals surface area contributed by atoms with Crippen LogP contribution in [0.15, 0.2) is 42.5 Å². The molecule has 2 unspecified atom stereocenters. The zero-order valence-electron chi connectivity index (χ0n) is 17.1. The van der Waals surface area contributed by atoms with E-state index in [1.165, 1.54) is 18.2 Å². The molecule has 32 heavy (non-hydrogen) atoms. The molecular weight excluding hydrogens is 464 g/mol. The number of anilines is 2. The van der Waals surface area contributed by atoms with Gasteiger partial charge in [-0.3, -0.25) is 4.79 Å². The molecule has 0 aliphatic carbocycles. The van der Waals surface area contributed by atoms with E-state index in [1.54, 1.807) is 18.2 Å². The van der Waals surface area contributed by atoms with Crippen LogP contribution in [0.3, 0.4) is 0 Å². The maximum Gasteiger partial charge on any atom is 0.410 e. The van der Waals surface area contributed by atoms with Crippen molar-refractivity contribution >= 4 is 40.6 Å². The fraction of sp³-hybridized carbons (Fsp3) is 0.273. The first-order chi connectivity index (χ1) is 15.0. The summed E-state index contributed by atoms with van der Waals surface area (Å²) in [6, 6.07) is 8.81. The van der Waals surface area contributed by atoms with E-state index in [9.17, 15) is 18.0 Å². The predicted octanol–water partition coefficient (Wildman–Crippen LogP) is 6.72. The molecule has 0 radical (unpaired) electrons. The summed E-state index contributed by atoms with van der Waals surface area (Å²) >= 11 is 12.0. The van der Waals surface area contributed by atoms with Crippen molar-refractivity contribution in [2.45, 2.75) is 38.5 Å². The second kappa shape index (κ2) is 8.33. The summed E-state index contributed by atoms with van der Waals surface area (Å²) in [6.07, 6.45) is -4.87. The summed E-state index contributed by atoms with van der Waals surface area (Å²) < 4.78 is 42.4. The highest BCUT2D eigenvalue weighted by atomic mass is 35.5. The number of aryl methyl sites for hydroxylation is 2. The van der Waals surface area contributed by atoms with Crippen LogP contribution in [0.25, 0.3) is 0 Å². The Bertz CT molecular complexity index is 1190. The van der Waals surface area contributed by atoms with E-state index in [2.05, 4.69) is 15.7 Å². The minimum Gasteiger partial charge on any atom is -0.363 e. The molecule has 0 saturated heterocycles. The molecule has 168 valence electrons. The average Bonchev–Trinajstić information content (AvgIpc) is 3.15. The Balaban J connectivity index is 1.64. The Morgan fingerprint density at radius 2 is 1.84 bits per heavy atom. The summed E-state index contributed by atoms with van der Waals surface area (Å²) in [6.45, 7) is 3.85. The van der Waals surface area contributed by atoms with Crippen molar-refractivity contribution in [1.29, 1.82) is 0 Å². The number of alkyl halides is 3. The van der Waals surface area contributed by atoms with Crippen LogP contribution in [0.1, 0.15) is 45.7 Å². The third kappa shape index (κ3) is 4.42. The number of nitrogens with zero attached hydrogens (tertiary/aromatic N) is 2. The molecular formula is C22H19Cl2F3N4O. The SMILES string of the molecule is Cc1ccc(NC(=O)c2cc3n(n2)C(C(F)(F)F)CC(c2ccc(Cl)c(Cl)c2)N3)cc1C. The lowest BCUT2D eigenvalue weighted by Crippen LogP contribution is -2.35. The van der Waals surface area contributed by atoms with Crippen LogP contribution < -0.4 is 10.6 Å². The van der Waals surface area contributed by atoms with Gasteiger partial charge in [0.25, 0.3) is 5.91 Å². The number of hydrogen-bond donors (Lipinski definition) is 2. The van der Waals surface area contributed by atoms with Gasteiger partial charge in [0.05, 0.1) is 16.1 Å². The topological polar surface area (TPSA) is 59.0 Å². The highest BCUT2D eigenvalue weighted by molar-refractivity contribution is 6.42. The molecule has 10 heteroatoms. The fourth-order valence-electron chi connectivity index (χ4n) is 3.65. The fourth-order valence-corrected chi connectivity index (χ4v) is 3.95. The van der Waals surface area contributed by atoms with Crippen molar-refractivity contribution in [2.75, 3.05) is 10.6 Å². The molecule has 0 saturated carbocycles. The van der Waals surface area contributed by atoms with Crippen molar-refractivity contribution in [1.82, 2.24) is 9.78 Å². The zero-order chi connectivity index (χ0) is 23.2. The number of carbonyl (C=O) groups excluding carboxylic acids is 1. The van der Waals surface area contributed by atoms with Crippen molar-refractivity contribution in [3.05, 3.63) is 74.9 Å². The van der Waals surface area contributed by atoms with Gasteiger partial charge in [-0.1, -0.05) is 35.3 Å². The molecule has 5 nitrogen and oxygen atoms in total. The summed E-state index contributed by atoms with van der Waals surface area (Å²) in [5.41, 5.74) is 3.02. The summed E-state index contributed by atoms with van der Waals surface area (Å²) in [5, 5.41) is 10.3. The Morgan fingerprint density at radius 1 is 1.09 bits per heavy atom. The van der Waals surface area contributed by atoms with Crippen molar-refractivity contribution < 1.29 is 18.0 Å². The van der Waals surface area contributed by atoms with Gasteiger partial charge < -0.3 is 10.6 Å². The van der Waals surface area contributed by atoms with Crippen molar-refractivity contribution in [3.8, 4) is 0 Å². The number of halogens is 5. The molecule has 3 aromatic rings. The molecule has 2 N–H and O–H groups in total. The number of carbonyl (C=O) groups is 1. The van der Waals surface area contributed by atoms with Crippen LogP contribution in [0.4, 0.5) is 24.7 Å². The van der Waals surface area contributed by atoms with Gasteiger partial charge in [-0.15, -0.1) is 0 Å². The van der Waals surface area contributed by atoms with Crippen LogP contribution in [-0.2, 0) is 0 Å². The standard InChI is InChI=1S/C22H19Cl2F3N4O/c1-11-3-5-14(7-12(11)2)28-21(32)18-10-20-29-17(13-4-6-15(23)16(24)8-13)9-19(22(25,26)27)31(20)30-18/h3-8,10,17,19,29H,9H2,1-2H3,(H,28,32). The van der Waals surface area contributed by atoms with Gasteiger partial charge in [-0.25, -0.2) is 4.68 Å². The molecule has 0 bridgehead atoms. The number of rotatable bonds is 3. The van der Waals surface area contributed by atoms with Crippen molar-refractivity contribution in [3.63, 3.8) is 0 Å². The van der Waals surface area contributed by atoms with E-state index in [4.69, 9.17) is 23.2 Å². The van der Waals surface area contributed by atoms with Crippen LogP contribution in [-0.4, -0.2) is 21.9 Å². The number of benzene rings is 2. The second-order valence-corrected chi connectivity index (χ2v) is 8.59. The van der Waals surface area contributed by atoms with E-state index in [0.717, 1.165) is 15.8 Å². The molecule has 2 heterocycles. The van der Waals surface area contributed by atoms with E-state index >= 15 is 0 Å². The first kappa shape index (κ1) is 22.5. The van der Waals surface area contributed by atoms with Gasteiger partial charge in [0.2, 0.25) is 0 Å². The molecule has 1 amide bonds. The van der Waals surface area contributed by atoms with E-state index < -0.39 is 24.2 Å². The highest BCUT2D eigenvalue weighted by Gasteiger charge is 2.46. The van der Waals surface area contributed by atoms with Gasteiger partial charge in [-0.2, -0.15) is 18.3 Å². The zero-order valence-corrected chi connectivity index (χ0v) is 18.6. The van der Waals surface area contributed by atoms with E-state index in [1.807, 2.05) is 19.9 Å². The molecule has 1 aliphatic rings. The van der Waals surface area contributed by atoms with Gasteiger partial charge in [0.1, 0.15) is 5.82 Å².